The van der Waals surface area contributed by atoms with Crippen LogP contribution in [0.25, 0.3) is 0 Å². The summed E-state index contributed by atoms with van der Waals surface area (Å²) in [4.78, 5) is 2.38. The van der Waals surface area contributed by atoms with Gasteiger partial charge in [0.05, 0.1) is 6.07 Å². The minimum Gasteiger partial charge on any atom is -0.313 e. The first-order valence-corrected chi connectivity index (χ1v) is 5.40. The van der Waals surface area contributed by atoms with Crippen LogP contribution in [-0.4, -0.2) is 37.1 Å². The molecule has 0 bridgehead atoms. The Morgan fingerprint density at radius 3 is 2.57 bits per heavy atom. The van der Waals surface area contributed by atoms with E-state index in [0.29, 0.717) is 6.42 Å². The van der Waals surface area contributed by atoms with E-state index in [4.69, 9.17) is 5.26 Å². The van der Waals surface area contributed by atoms with Gasteiger partial charge in [-0.2, -0.15) is 5.26 Å². The van der Waals surface area contributed by atoms with Crippen molar-refractivity contribution < 1.29 is 0 Å². The second-order valence-corrected chi connectivity index (χ2v) is 3.37. The minimum absolute atomic E-state index is 0.268. The lowest BCUT2D eigenvalue weighted by molar-refractivity contribution is 0.289. The van der Waals surface area contributed by atoms with E-state index < -0.39 is 0 Å². The topological polar surface area (TPSA) is 39.1 Å². The van der Waals surface area contributed by atoms with E-state index in [1.807, 2.05) is 0 Å². The summed E-state index contributed by atoms with van der Waals surface area (Å²) in [5.74, 6) is 0. The van der Waals surface area contributed by atoms with Crippen LogP contribution in [0.5, 0.6) is 0 Å². The summed E-state index contributed by atoms with van der Waals surface area (Å²) in [5, 5.41) is 11.6. The fourth-order valence-corrected chi connectivity index (χ4v) is 1.31. The smallest absolute Gasteiger partial charge is 0.0635 e. The van der Waals surface area contributed by atoms with Gasteiger partial charge in [-0.1, -0.05) is 13.8 Å². The molecular formula is C11H22N3. The average molecular weight is 196 g/mol. The van der Waals surface area contributed by atoms with E-state index in [-0.39, 0.29) is 6.04 Å². The van der Waals surface area contributed by atoms with Gasteiger partial charge in [-0.15, -0.1) is 0 Å². The predicted octanol–water partition coefficient (Wildman–Crippen LogP) is 1.42. The van der Waals surface area contributed by atoms with E-state index in [2.05, 4.69) is 37.1 Å². The summed E-state index contributed by atoms with van der Waals surface area (Å²) in [6, 6.07) is 2.38. The van der Waals surface area contributed by atoms with E-state index in [1.165, 1.54) is 0 Å². The van der Waals surface area contributed by atoms with Gasteiger partial charge in [0.2, 0.25) is 0 Å². The van der Waals surface area contributed by atoms with E-state index in [1.54, 1.807) is 0 Å². The normalized spacial score (nSPS) is 12.8. The van der Waals surface area contributed by atoms with Crippen molar-refractivity contribution in [2.45, 2.75) is 32.7 Å². The van der Waals surface area contributed by atoms with Gasteiger partial charge in [-0.05, 0) is 33.0 Å². The maximum atomic E-state index is 8.35. The highest BCUT2D eigenvalue weighted by Gasteiger charge is 2.03. The third-order valence-electron chi connectivity index (χ3n) is 2.36. The van der Waals surface area contributed by atoms with Crippen LogP contribution in [0.2, 0.25) is 0 Å². The highest BCUT2D eigenvalue weighted by molar-refractivity contribution is 4.75. The van der Waals surface area contributed by atoms with Gasteiger partial charge >= 0.3 is 0 Å². The standard InChI is InChI=1S/C11H22N3/c1-4-14(5-2)10-7-11(3)13-9-6-8-12/h11,13H,3-7,9-10H2,1-2H3. The summed E-state index contributed by atoms with van der Waals surface area (Å²) in [6.45, 7) is 12.4. The number of nitrogens with zero attached hydrogens (tertiary/aromatic N) is 2. The second-order valence-electron chi connectivity index (χ2n) is 3.37. The number of nitriles is 1. The maximum Gasteiger partial charge on any atom is 0.0635 e. The summed E-state index contributed by atoms with van der Waals surface area (Å²) >= 11 is 0. The molecule has 0 fully saturated rings. The lowest BCUT2D eigenvalue weighted by Crippen LogP contribution is -2.33. The van der Waals surface area contributed by atoms with E-state index >= 15 is 0 Å². The number of hydrogen-bond donors (Lipinski definition) is 1. The van der Waals surface area contributed by atoms with Crippen LogP contribution in [0.3, 0.4) is 0 Å². The number of nitrogens with one attached hydrogen (secondary N) is 1. The molecule has 0 aliphatic heterocycles. The van der Waals surface area contributed by atoms with Crippen molar-refractivity contribution in [1.82, 2.24) is 10.2 Å². The Bertz CT molecular complexity index is 158. The highest BCUT2D eigenvalue weighted by Crippen LogP contribution is 1.95. The Morgan fingerprint density at radius 1 is 1.43 bits per heavy atom. The fourth-order valence-electron chi connectivity index (χ4n) is 1.31. The van der Waals surface area contributed by atoms with Crippen LogP contribution in [-0.2, 0) is 0 Å². The van der Waals surface area contributed by atoms with Crippen molar-refractivity contribution >= 4 is 0 Å². The lowest BCUT2D eigenvalue weighted by atomic mass is 10.2. The number of rotatable bonds is 8. The van der Waals surface area contributed by atoms with Crippen molar-refractivity contribution in [2.24, 2.45) is 0 Å². The molecule has 0 rings (SSSR count). The van der Waals surface area contributed by atoms with Gasteiger partial charge in [-0.25, -0.2) is 0 Å². The first kappa shape index (κ1) is 13.4. The summed E-state index contributed by atoms with van der Waals surface area (Å²) < 4.78 is 0. The summed E-state index contributed by atoms with van der Waals surface area (Å²) in [5.41, 5.74) is 0. The van der Waals surface area contributed by atoms with Crippen molar-refractivity contribution in [3.8, 4) is 6.07 Å². The van der Waals surface area contributed by atoms with Gasteiger partial charge in [-0.3, -0.25) is 0 Å². The quantitative estimate of drug-likeness (QED) is 0.597. The largest absolute Gasteiger partial charge is 0.313 e. The highest BCUT2D eigenvalue weighted by atomic mass is 15.1. The van der Waals surface area contributed by atoms with Gasteiger partial charge in [0.15, 0.2) is 0 Å². The predicted molar refractivity (Wildman–Crippen MR) is 59.8 cm³/mol. The zero-order valence-corrected chi connectivity index (χ0v) is 9.42. The molecule has 0 aromatic rings. The molecule has 0 saturated heterocycles. The van der Waals surface area contributed by atoms with Gasteiger partial charge in [0.1, 0.15) is 0 Å². The SMILES string of the molecule is [CH2]C(CCN(CC)CC)NCCC#N. The van der Waals surface area contributed by atoms with Crippen LogP contribution in [0.15, 0.2) is 0 Å². The van der Waals surface area contributed by atoms with Gasteiger partial charge in [0, 0.05) is 19.0 Å². The summed E-state index contributed by atoms with van der Waals surface area (Å²) in [7, 11) is 0. The molecule has 0 aromatic carbocycles. The van der Waals surface area contributed by atoms with Crippen LogP contribution < -0.4 is 5.32 Å². The minimum atomic E-state index is 0.268. The second kappa shape index (κ2) is 8.98. The zero-order chi connectivity index (χ0) is 10.8. The van der Waals surface area contributed by atoms with Crippen LogP contribution in [0.4, 0.5) is 0 Å². The third-order valence-corrected chi connectivity index (χ3v) is 2.36. The zero-order valence-electron chi connectivity index (χ0n) is 9.42. The first-order valence-electron chi connectivity index (χ1n) is 5.40. The molecule has 1 unspecified atom stereocenters. The Balaban J connectivity index is 3.42. The molecule has 14 heavy (non-hydrogen) atoms. The molecule has 1 N–H and O–H groups in total. The molecule has 0 saturated carbocycles. The fraction of sp³-hybridized carbons (Fsp3) is 0.818. The van der Waals surface area contributed by atoms with Crippen molar-refractivity contribution in [3.63, 3.8) is 0 Å². The molecule has 0 heterocycles. The maximum absolute atomic E-state index is 8.35. The molecule has 0 aliphatic carbocycles. The average Bonchev–Trinajstić information content (AvgIpc) is 2.20. The van der Waals surface area contributed by atoms with Crippen LogP contribution >= 0.6 is 0 Å². The monoisotopic (exact) mass is 196 g/mol. The molecule has 0 amide bonds. The van der Waals surface area contributed by atoms with Crippen molar-refractivity contribution in [2.75, 3.05) is 26.2 Å². The lowest BCUT2D eigenvalue weighted by Gasteiger charge is -2.20. The molecule has 3 nitrogen and oxygen atoms in total. The Kier molecular flexibility index (Phi) is 8.61. The first-order chi connectivity index (χ1) is 6.74. The molecule has 3 heteroatoms. The molecule has 0 spiro atoms. The molecule has 81 valence electrons. The van der Waals surface area contributed by atoms with Gasteiger partial charge in [0.25, 0.3) is 0 Å². The van der Waals surface area contributed by atoms with Gasteiger partial charge < -0.3 is 10.2 Å². The number of hydrogen-bond acceptors (Lipinski definition) is 3. The Morgan fingerprint density at radius 2 is 2.07 bits per heavy atom. The van der Waals surface area contributed by atoms with Crippen LogP contribution in [0, 0.1) is 18.3 Å². The van der Waals surface area contributed by atoms with Crippen molar-refractivity contribution in [3.05, 3.63) is 6.92 Å². The molecule has 0 aliphatic rings. The van der Waals surface area contributed by atoms with E-state index in [0.717, 1.165) is 32.6 Å². The van der Waals surface area contributed by atoms with Crippen molar-refractivity contribution in [1.29, 1.82) is 5.26 Å². The van der Waals surface area contributed by atoms with E-state index in [9.17, 15) is 0 Å². The molecular weight excluding hydrogens is 174 g/mol. The van der Waals surface area contributed by atoms with Crippen LogP contribution in [0.1, 0.15) is 26.7 Å². The Hall–Kier alpha value is -0.590. The molecule has 1 atom stereocenters. The Labute approximate surface area is 88.1 Å². The summed E-state index contributed by atoms with van der Waals surface area (Å²) in [6.07, 6.45) is 1.62. The third kappa shape index (κ3) is 6.88. The molecule has 0 aromatic heterocycles. The molecule has 1 radical (unpaired) electrons.